The lowest BCUT2D eigenvalue weighted by atomic mass is 9.97. The molecule has 1 aliphatic rings. The van der Waals surface area contributed by atoms with Gasteiger partial charge in [-0.3, -0.25) is 4.79 Å². The molecule has 3 rings (SSSR count). The number of aliphatic hydroxyl groups is 1. The van der Waals surface area contributed by atoms with E-state index in [0.717, 1.165) is 11.3 Å². The van der Waals surface area contributed by atoms with Gasteiger partial charge in [0.25, 0.3) is 0 Å². The minimum absolute atomic E-state index is 0.136. The SMILES string of the molecule is COc1ccc(CC(=O)N2N=C(C)C[C@]2(O)c2ccc(Cl)cc2)cc1. The summed E-state index contributed by atoms with van der Waals surface area (Å²) in [5.41, 5.74) is 0.614. The van der Waals surface area contributed by atoms with E-state index in [1.165, 1.54) is 5.01 Å². The van der Waals surface area contributed by atoms with Gasteiger partial charge < -0.3 is 9.84 Å². The number of carbonyl (C=O) groups excluding carboxylic acids is 1. The van der Waals surface area contributed by atoms with Crippen molar-refractivity contribution in [3.8, 4) is 5.75 Å². The Balaban J connectivity index is 1.84. The number of amides is 1. The number of hydrazone groups is 1. The van der Waals surface area contributed by atoms with Gasteiger partial charge in [0.1, 0.15) is 5.75 Å². The molecule has 0 fully saturated rings. The Morgan fingerprint density at radius 1 is 1.24 bits per heavy atom. The van der Waals surface area contributed by atoms with Crippen LogP contribution in [-0.2, 0) is 16.9 Å². The van der Waals surface area contributed by atoms with Gasteiger partial charge in [-0.1, -0.05) is 35.9 Å². The fourth-order valence-electron chi connectivity index (χ4n) is 2.92. The first-order valence-corrected chi connectivity index (χ1v) is 8.28. The quantitative estimate of drug-likeness (QED) is 0.911. The molecule has 0 bridgehead atoms. The second kappa shape index (κ2) is 6.86. The average Bonchev–Trinajstić information content (AvgIpc) is 2.92. The predicted octanol–water partition coefficient (Wildman–Crippen LogP) is 3.34. The molecule has 1 aliphatic heterocycles. The van der Waals surface area contributed by atoms with Crippen LogP contribution in [0.3, 0.4) is 0 Å². The third-order valence-corrected chi connectivity index (χ3v) is 4.43. The zero-order chi connectivity index (χ0) is 18.0. The Morgan fingerprint density at radius 3 is 2.48 bits per heavy atom. The number of methoxy groups -OCH3 is 1. The zero-order valence-electron chi connectivity index (χ0n) is 14.1. The van der Waals surface area contributed by atoms with E-state index < -0.39 is 5.72 Å². The van der Waals surface area contributed by atoms with Crippen molar-refractivity contribution in [2.24, 2.45) is 5.10 Å². The first-order chi connectivity index (χ1) is 11.9. The molecule has 0 saturated heterocycles. The highest BCUT2D eigenvalue weighted by molar-refractivity contribution is 6.30. The van der Waals surface area contributed by atoms with Crippen LogP contribution in [0.15, 0.2) is 53.6 Å². The van der Waals surface area contributed by atoms with Crippen molar-refractivity contribution in [1.29, 1.82) is 0 Å². The van der Waals surface area contributed by atoms with E-state index in [9.17, 15) is 9.90 Å². The predicted molar refractivity (Wildman–Crippen MR) is 96.6 cm³/mol. The number of rotatable bonds is 4. The lowest BCUT2D eigenvalue weighted by Crippen LogP contribution is -2.44. The second-order valence-electron chi connectivity index (χ2n) is 6.07. The van der Waals surface area contributed by atoms with Crippen LogP contribution in [0.5, 0.6) is 5.75 Å². The molecule has 0 aromatic heterocycles. The Labute approximate surface area is 151 Å². The first kappa shape index (κ1) is 17.5. The molecule has 0 spiro atoms. The molecule has 0 aliphatic carbocycles. The van der Waals surface area contributed by atoms with E-state index in [4.69, 9.17) is 16.3 Å². The molecule has 6 heteroatoms. The standard InChI is InChI=1S/C19H19ClN2O3/c1-13-12-19(24,15-5-7-16(20)8-6-15)22(21-13)18(23)11-14-3-9-17(25-2)10-4-14/h3-10,24H,11-12H2,1-2H3/t19-/m0/s1. The zero-order valence-corrected chi connectivity index (χ0v) is 14.8. The van der Waals surface area contributed by atoms with Gasteiger partial charge in [0.05, 0.1) is 13.5 Å². The number of ether oxygens (including phenoxy) is 1. The molecule has 0 unspecified atom stereocenters. The molecule has 2 aromatic carbocycles. The van der Waals surface area contributed by atoms with Crippen LogP contribution in [0, 0.1) is 0 Å². The number of hydrogen-bond donors (Lipinski definition) is 1. The van der Waals surface area contributed by atoms with Crippen LogP contribution >= 0.6 is 11.6 Å². The fraction of sp³-hybridized carbons (Fsp3) is 0.263. The Kier molecular flexibility index (Phi) is 4.79. The van der Waals surface area contributed by atoms with Crippen LogP contribution in [0.4, 0.5) is 0 Å². The molecule has 5 nitrogen and oxygen atoms in total. The van der Waals surface area contributed by atoms with E-state index >= 15 is 0 Å². The maximum atomic E-state index is 12.8. The molecule has 1 atom stereocenters. The minimum atomic E-state index is -1.49. The molecule has 130 valence electrons. The number of halogens is 1. The van der Waals surface area contributed by atoms with Gasteiger partial charge in [-0.2, -0.15) is 10.1 Å². The van der Waals surface area contributed by atoms with E-state index in [-0.39, 0.29) is 18.7 Å². The monoisotopic (exact) mass is 358 g/mol. The lowest BCUT2D eigenvalue weighted by Gasteiger charge is -2.31. The summed E-state index contributed by atoms with van der Waals surface area (Å²) in [6, 6.07) is 14.0. The second-order valence-corrected chi connectivity index (χ2v) is 6.50. The van der Waals surface area contributed by atoms with Crippen molar-refractivity contribution in [2.75, 3.05) is 7.11 Å². The van der Waals surface area contributed by atoms with E-state index in [1.807, 2.05) is 12.1 Å². The fourth-order valence-corrected chi connectivity index (χ4v) is 3.04. The third-order valence-electron chi connectivity index (χ3n) is 4.18. The molecule has 1 N–H and O–H groups in total. The molecule has 2 aromatic rings. The maximum absolute atomic E-state index is 12.8. The average molecular weight is 359 g/mol. The number of carbonyl (C=O) groups is 1. The number of nitrogens with zero attached hydrogens (tertiary/aromatic N) is 2. The van der Waals surface area contributed by atoms with E-state index in [1.54, 1.807) is 50.4 Å². The molecular weight excluding hydrogens is 340 g/mol. The van der Waals surface area contributed by atoms with Crippen LogP contribution in [0.25, 0.3) is 0 Å². The van der Waals surface area contributed by atoms with Crippen molar-refractivity contribution < 1.29 is 14.6 Å². The molecule has 0 saturated carbocycles. The maximum Gasteiger partial charge on any atom is 0.250 e. The van der Waals surface area contributed by atoms with Gasteiger partial charge in [-0.15, -0.1) is 0 Å². The summed E-state index contributed by atoms with van der Waals surface area (Å²) in [4.78, 5) is 12.8. The summed E-state index contributed by atoms with van der Waals surface area (Å²) in [5, 5.41) is 17.1. The van der Waals surface area contributed by atoms with Crippen LogP contribution in [0.2, 0.25) is 5.02 Å². The Morgan fingerprint density at radius 2 is 1.88 bits per heavy atom. The molecule has 0 radical (unpaired) electrons. The van der Waals surface area contributed by atoms with Gasteiger partial charge in [0.2, 0.25) is 5.91 Å². The minimum Gasteiger partial charge on any atom is -0.497 e. The molecule has 1 amide bonds. The van der Waals surface area contributed by atoms with Crippen molar-refractivity contribution in [1.82, 2.24) is 5.01 Å². The smallest absolute Gasteiger partial charge is 0.250 e. The highest BCUT2D eigenvalue weighted by Crippen LogP contribution is 2.36. The summed E-state index contributed by atoms with van der Waals surface area (Å²) in [7, 11) is 1.59. The molecule has 25 heavy (non-hydrogen) atoms. The van der Waals surface area contributed by atoms with Gasteiger partial charge in [-0.05, 0) is 36.8 Å². The van der Waals surface area contributed by atoms with Gasteiger partial charge in [0, 0.05) is 22.7 Å². The van der Waals surface area contributed by atoms with Gasteiger partial charge >= 0.3 is 0 Å². The van der Waals surface area contributed by atoms with Crippen molar-refractivity contribution in [2.45, 2.75) is 25.5 Å². The summed E-state index contributed by atoms with van der Waals surface area (Å²) in [6.45, 7) is 1.79. The van der Waals surface area contributed by atoms with E-state index in [2.05, 4.69) is 5.10 Å². The van der Waals surface area contributed by atoms with Crippen LogP contribution < -0.4 is 4.74 Å². The Hall–Kier alpha value is -2.37. The normalized spacial score (nSPS) is 19.7. The van der Waals surface area contributed by atoms with Crippen molar-refractivity contribution in [3.63, 3.8) is 0 Å². The number of benzene rings is 2. The summed E-state index contributed by atoms with van der Waals surface area (Å²) >= 11 is 5.92. The summed E-state index contributed by atoms with van der Waals surface area (Å²) in [5.74, 6) is 0.448. The first-order valence-electron chi connectivity index (χ1n) is 7.91. The van der Waals surface area contributed by atoms with Gasteiger partial charge in [0.15, 0.2) is 5.72 Å². The van der Waals surface area contributed by atoms with Crippen molar-refractivity contribution >= 4 is 23.2 Å². The number of hydrogen-bond acceptors (Lipinski definition) is 4. The lowest BCUT2D eigenvalue weighted by molar-refractivity contribution is -0.157. The molecule has 1 heterocycles. The van der Waals surface area contributed by atoms with Crippen molar-refractivity contribution in [3.05, 3.63) is 64.7 Å². The molecular formula is C19H19ClN2O3. The van der Waals surface area contributed by atoms with Crippen LogP contribution in [-0.4, -0.2) is 28.8 Å². The summed E-state index contributed by atoms with van der Waals surface area (Å²) in [6.07, 6.45) is 0.402. The highest BCUT2D eigenvalue weighted by Gasteiger charge is 2.44. The highest BCUT2D eigenvalue weighted by atomic mass is 35.5. The Bertz CT molecular complexity index is 802. The topological polar surface area (TPSA) is 62.1 Å². The van der Waals surface area contributed by atoms with E-state index in [0.29, 0.717) is 16.3 Å². The largest absolute Gasteiger partial charge is 0.497 e. The summed E-state index contributed by atoms with van der Waals surface area (Å²) < 4.78 is 5.12. The van der Waals surface area contributed by atoms with Crippen LogP contribution in [0.1, 0.15) is 24.5 Å². The third kappa shape index (κ3) is 3.52. The van der Waals surface area contributed by atoms with Gasteiger partial charge in [-0.25, -0.2) is 0 Å².